The van der Waals surface area contributed by atoms with E-state index in [1.165, 1.54) is 18.7 Å². The maximum absolute atomic E-state index is 4.31. The van der Waals surface area contributed by atoms with Gasteiger partial charge in [0.25, 0.3) is 0 Å². The number of halogens is 1. The summed E-state index contributed by atoms with van der Waals surface area (Å²) in [5.41, 5.74) is 1.17. The van der Waals surface area contributed by atoms with Crippen LogP contribution in [0, 0.1) is 0 Å². The smallest absolute Gasteiger partial charge is 0.0543 e. The van der Waals surface area contributed by atoms with Crippen LogP contribution >= 0.6 is 15.9 Å². The molecule has 0 aliphatic carbocycles. The van der Waals surface area contributed by atoms with Crippen LogP contribution in [0.1, 0.15) is 12.1 Å². The Morgan fingerprint density at radius 1 is 1.54 bits per heavy atom. The number of rotatable bonds is 2. The van der Waals surface area contributed by atoms with Crippen molar-refractivity contribution in [3.05, 3.63) is 30.1 Å². The van der Waals surface area contributed by atoms with Gasteiger partial charge in [-0.2, -0.15) is 0 Å². The van der Waals surface area contributed by atoms with E-state index in [2.05, 4.69) is 31.9 Å². The number of aromatic nitrogens is 1. The molecule has 0 radical (unpaired) electrons. The third-order valence-electron chi connectivity index (χ3n) is 2.33. The van der Waals surface area contributed by atoms with E-state index >= 15 is 0 Å². The molecule has 0 spiro atoms. The third kappa shape index (κ3) is 2.51. The van der Waals surface area contributed by atoms with Crippen molar-refractivity contribution in [3.63, 3.8) is 0 Å². The molecule has 1 saturated heterocycles. The average Bonchev–Trinajstić information content (AvgIpc) is 2.53. The van der Waals surface area contributed by atoms with Crippen LogP contribution < -0.4 is 0 Å². The van der Waals surface area contributed by atoms with Gasteiger partial charge in [-0.25, -0.2) is 0 Å². The number of hydrogen-bond acceptors (Lipinski definition) is 2. The minimum Gasteiger partial charge on any atom is -0.296 e. The lowest BCUT2D eigenvalue weighted by molar-refractivity contribution is 0.328. The standard InChI is InChI=1S/C10H13BrN2/c11-9-4-6-13(7-9)8-10-3-1-2-5-12-10/h1-3,5,9H,4,6-8H2. The van der Waals surface area contributed by atoms with E-state index < -0.39 is 0 Å². The van der Waals surface area contributed by atoms with Crippen molar-refractivity contribution in [2.24, 2.45) is 0 Å². The summed E-state index contributed by atoms with van der Waals surface area (Å²) in [5, 5.41) is 0. The fourth-order valence-electron chi connectivity index (χ4n) is 1.65. The monoisotopic (exact) mass is 240 g/mol. The largest absolute Gasteiger partial charge is 0.296 e. The second kappa shape index (κ2) is 4.20. The summed E-state index contributed by atoms with van der Waals surface area (Å²) in [4.78, 5) is 7.42. The van der Waals surface area contributed by atoms with E-state index in [0.29, 0.717) is 4.83 Å². The molecule has 1 aromatic heterocycles. The fraction of sp³-hybridized carbons (Fsp3) is 0.500. The van der Waals surface area contributed by atoms with Gasteiger partial charge in [0.2, 0.25) is 0 Å². The Bertz CT molecular complexity index is 263. The van der Waals surface area contributed by atoms with Crippen LogP contribution in [0.4, 0.5) is 0 Å². The summed E-state index contributed by atoms with van der Waals surface area (Å²) in [5.74, 6) is 0. The minimum atomic E-state index is 0.677. The molecule has 2 rings (SSSR count). The Labute approximate surface area is 87.1 Å². The molecule has 0 saturated carbocycles. The molecule has 13 heavy (non-hydrogen) atoms. The highest BCUT2D eigenvalue weighted by atomic mass is 79.9. The summed E-state index contributed by atoms with van der Waals surface area (Å²) in [6, 6.07) is 6.09. The molecule has 1 aromatic rings. The molecular weight excluding hydrogens is 228 g/mol. The quantitative estimate of drug-likeness (QED) is 0.736. The van der Waals surface area contributed by atoms with Gasteiger partial charge in [0, 0.05) is 24.1 Å². The Balaban J connectivity index is 1.92. The lowest BCUT2D eigenvalue weighted by Crippen LogP contribution is -2.20. The van der Waals surface area contributed by atoms with Crippen molar-refractivity contribution in [1.82, 2.24) is 9.88 Å². The van der Waals surface area contributed by atoms with Gasteiger partial charge < -0.3 is 0 Å². The lowest BCUT2D eigenvalue weighted by Gasteiger charge is -2.13. The molecule has 2 nitrogen and oxygen atoms in total. The van der Waals surface area contributed by atoms with Crippen LogP contribution in [-0.2, 0) is 6.54 Å². The van der Waals surface area contributed by atoms with Gasteiger partial charge >= 0.3 is 0 Å². The first kappa shape index (κ1) is 9.16. The Morgan fingerprint density at radius 2 is 2.46 bits per heavy atom. The molecule has 0 N–H and O–H groups in total. The van der Waals surface area contributed by atoms with Crippen LogP contribution in [0.5, 0.6) is 0 Å². The summed E-state index contributed by atoms with van der Waals surface area (Å²) >= 11 is 3.63. The maximum Gasteiger partial charge on any atom is 0.0543 e. The highest BCUT2D eigenvalue weighted by Crippen LogP contribution is 2.17. The number of pyridine rings is 1. The van der Waals surface area contributed by atoms with Gasteiger partial charge in [0.05, 0.1) is 5.69 Å². The van der Waals surface area contributed by atoms with Crippen molar-refractivity contribution in [3.8, 4) is 0 Å². The molecule has 0 bridgehead atoms. The summed E-state index contributed by atoms with van der Waals surface area (Å²) in [7, 11) is 0. The van der Waals surface area contributed by atoms with Crippen LogP contribution in [0.3, 0.4) is 0 Å². The molecule has 1 fully saturated rings. The Hall–Kier alpha value is -0.410. The summed E-state index contributed by atoms with van der Waals surface area (Å²) < 4.78 is 0. The van der Waals surface area contributed by atoms with Crippen LogP contribution in [0.25, 0.3) is 0 Å². The fourth-order valence-corrected chi connectivity index (χ4v) is 2.26. The minimum absolute atomic E-state index is 0.677. The first-order chi connectivity index (χ1) is 6.34. The van der Waals surface area contributed by atoms with E-state index in [1.54, 1.807) is 0 Å². The molecule has 1 atom stereocenters. The number of likely N-dealkylation sites (tertiary alicyclic amines) is 1. The zero-order chi connectivity index (χ0) is 9.10. The van der Waals surface area contributed by atoms with Gasteiger partial charge in [-0.15, -0.1) is 0 Å². The number of hydrogen-bond donors (Lipinski definition) is 0. The van der Waals surface area contributed by atoms with Crippen molar-refractivity contribution in [2.45, 2.75) is 17.8 Å². The topological polar surface area (TPSA) is 16.1 Å². The van der Waals surface area contributed by atoms with E-state index in [4.69, 9.17) is 0 Å². The average molecular weight is 241 g/mol. The summed E-state index contributed by atoms with van der Waals surface area (Å²) in [6.07, 6.45) is 3.11. The van der Waals surface area contributed by atoms with Gasteiger partial charge in [-0.05, 0) is 25.1 Å². The molecule has 1 aliphatic rings. The van der Waals surface area contributed by atoms with Gasteiger partial charge in [-0.1, -0.05) is 22.0 Å². The predicted molar refractivity (Wildman–Crippen MR) is 56.8 cm³/mol. The van der Waals surface area contributed by atoms with Crippen LogP contribution in [-0.4, -0.2) is 27.8 Å². The van der Waals surface area contributed by atoms with Gasteiger partial charge in [0.1, 0.15) is 0 Å². The summed E-state index contributed by atoms with van der Waals surface area (Å²) in [6.45, 7) is 3.33. The first-order valence-electron chi connectivity index (χ1n) is 4.61. The second-order valence-corrected chi connectivity index (χ2v) is 4.74. The van der Waals surface area contributed by atoms with E-state index in [-0.39, 0.29) is 0 Å². The highest BCUT2D eigenvalue weighted by molar-refractivity contribution is 9.09. The highest BCUT2D eigenvalue weighted by Gasteiger charge is 2.19. The van der Waals surface area contributed by atoms with Crippen LogP contribution in [0.2, 0.25) is 0 Å². The molecule has 2 heterocycles. The molecule has 0 aromatic carbocycles. The molecular formula is C10H13BrN2. The van der Waals surface area contributed by atoms with E-state index in [1.807, 2.05) is 18.3 Å². The number of nitrogens with zero attached hydrogens (tertiary/aromatic N) is 2. The lowest BCUT2D eigenvalue weighted by atomic mass is 10.3. The Kier molecular flexibility index (Phi) is 2.96. The molecule has 1 unspecified atom stereocenters. The predicted octanol–water partition coefficient (Wildman–Crippen LogP) is 2.05. The van der Waals surface area contributed by atoms with Crippen molar-refractivity contribution < 1.29 is 0 Å². The van der Waals surface area contributed by atoms with Crippen molar-refractivity contribution >= 4 is 15.9 Å². The van der Waals surface area contributed by atoms with Crippen molar-refractivity contribution in [1.29, 1.82) is 0 Å². The Morgan fingerprint density at radius 3 is 3.08 bits per heavy atom. The zero-order valence-corrected chi connectivity index (χ0v) is 9.07. The third-order valence-corrected chi connectivity index (χ3v) is 3.07. The molecule has 1 aliphatic heterocycles. The molecule has 70 valence electrons. The second-order valence-electron chi connectivity index (χ2n) is 3.44. The number of alkyl halides is 1. The molecule has 0 amide bonds. The SMILES string of the molecule is BrC1CCN(Cc2ccccn2)C1. The maximum atomic E-state index is 4.31. The zero-order valence-electron chi connectivity index (χ0n) is 7.49. The van der Waals surface area contributed by atoms with E-state index in [9.17, 15) is 0 Å². The van der Waals surface area contributed by atoms with Crippen molar-refractivity contribution in [2.75, 3.05) is 13.1 Å². The first-order valence-corrected chi connectivity index (χ1v) is 5.52. The van der Waals surface area contributed by atoms with Crippen LogP contribution in [0.15, 0.2) is 24.4 Å². The van der Waals surface area contributed by atoms with Gasteiger partial charge in [0.15, 0.2) is 0 Å². The molecule has 3 heteroatoms. The normalized spacial score (nSPS) is 23.6. The van der Waals surface area contributed by atoms with Gasteiger partial charge in [-0.3, -0.25) is 9.88 Å². The van der Waals surface area contributed by atoms with E-state index in [0.717, 1.165) is 13.1 Å².